The SMILES string of the molecule is COc1ccc(S(=O)(=O)Nc2ccc3c(c2)CC(=O)N([C@H](C)CO)C[C@H](C)[C@@H](CN(C)C(=O)Nc2ccc(F)cc2)O3)cc1. The highest BCUT2D eigenvalue weighted by atomic mass is 32.2. The number of hydrogen-bond donors (Lipinski definition) is 3. The minimum atomic E-state index is -3.95. The van der Waals surface area contributed by atoms with E-state index in [1.165, 1.54) is 48.4 Å². The second-order valence-corrected chi connectivity index (χ2v) is 12.5. The van der Waals surface area contributed by atoms with Crippen molar-refractivity contribution in [2.75, 3.05) is 43.9 Å². The average molecular weight is 629 g/mol. The number of halogens is 1. The summed E-state index contributed by atoms with van der Waals surface area (Å²) in [5.41, 5.74) is 1.10. The second-order valence-electron chi connectivity index (χ2n) is 10.8. The van der Waals surface area contributed by atoms with Crippen molar-refractivity contribution < 1.29 is 37.0 Å². The predicted octanol–water partition coefficient (Wildman–Crippen LogP) is 3.95. The van der Waals surface area contributed by atoms with Gasteiger partial charge in [0.25, 0.3) is 10.0 Å². The summed E-state index contributed by atoms with van der Waals surface area (Å²) in [6.07, 6.45) is -0.683. The highest BCUT2D eigenvalue weighted by Gasteiger charge is 2.32. The lowest BCUT2D eigenvalue weighted by atomic mass is 10.0. The van der Waals surface area contributed by atoms with Crippen LogP contribution in [0.4, 0.5) is 20.6 Å². The predicted molar refractivity (Wildman–Crippen MR) is 164 cm³/mol. The molecule has 0 unspecified atom stereocenters. The van der Waals surface area contributed by atoms with Crippen LogP contribution in [0, 0.1) is 11.7 Å². The summed E-state index contributed by atoms with van der Waals surface area (Å²) in [5, 5.41) is 12.6. The van der Waals surface area contributed by atoms with Crippen LogP contribution in [-0.4, -0.2) is 81.3 Å². The zero-order chi connectivity index (χ0) is 32.0. The molecule has 1 aliphatic rings. The Morgan fingerprint density at radius 2 is 1.80 bits per heavy atom. The van der Waals surface area contributed by atoms with E-state index < -0.39 is 34.0 Å². The van der Waals surface area contributed by atoms with Crippen molar-refractivity contribution in [3.63, 3.8) is 0 Å². The molecule has 1 heterocycles. The maximum atomic E-state index is 13.5. The van der Waals surface area contributed by atoms with Crippen molar-refractivity contribution in [3.8, 4) is 11.5 Å². The number of benzene rings is 3. The summed E-state index contributed by atoms with van der Waals surface area (Å²) in [6.45, 7) is 3.77. The number of aliphatic hydroxyl groups excluding tert-OH is 1. The Morgan fingerprint density at radius 3 is 2.43 bits per heavy atom. The molecule has 0 fully saturated rings. The molecule has 236 valence electrons. The maximum Gasteiger partial charge on any atom is 0.321 e. The van der Waals surface area contributed by atoms with Crippen LogP contribution in [0.25, 0.3) is 0 Å². The number of methoxy groups -OCH3 is 1. The van der Waals surface area contributed by atoms with Gasteiger partial charge in [-0.15, -0.1) is 0 Å². The molecule has 11 nitrogen and oxygen atoms in total. The van der Waals surface area contributed by atoms with Crippen molar-refractivity contribution in [2.24, 2.45) is 5.92 Å². The maximum absolute atomic E-state index is 13.5. The van der Waals surface area contributed by atoms with Crippen LogP contribution in [0.5, 0.6) is 11.5 Å². The van der Waals surface area contributed by atoms with Crippen molar-refractivity contribution in [1.82, 2.24) is 9.80 Å². The smallest absolute Gasteiger partial charge is 0.321 e. The first-order valence-corrected chi connectivity index (χ1v) is 15.5. The van der Waals surface area contributed by atoms with E-state index in [0.29, 0.717) is 22.7 Å². The Labute approximate surface area is 256 Å². The molecule has 0 spiro atoms. The number of amides is 3. The molecule has 3 amide bonds. The number of rotatable bonds is 9. The number of carbonyl (C=O) groups excluding carboxylic acids is 2. The van der Waals surface area contributed by atoms with Gasteiger partial charge in [-0.25, -0.2) is 17.6 Å². The largest absolute Gasteiger partial charge is 0.497 e. The van der Waals surface area contributed by atoms with Crippen molar-refractivity contribution in [1.29, 1.82) is 0 Å². The third kappa shape index (κ3) is 7.97. The third-order valence-corrected chi connectivity index (χ3v) is 8.83. The molecule has 0 radical (unpaired) electrons. The van der Waals surface area contributed by atoms with Gasteiger partial charge in [-0.1, -0.05) is 6.92 Å². The minimum Gasteiger partial charge on any atom is -0.497 e. The highest BCUT2D eigenvalue weighted by Crippen LogP contribution is 2.30. The van der Waals surface area contributed by atoms with E-state index in [1.54, 1.807) is 49.2 Å². The van der Waals surface area contributed by atoms with Crippen LogP contribution in [0.15, 0.2) is 71.6 Å². The quantitative estimate of drug-likeness (QED) is 0.326. The Morgan fingerprint density at radius 1 is 1.14 bits per heavy atom. The number of fused-ring (bicyclic) bond motifs is 1. The number of aliphatic hydroxyl groups is 1. The van der Waals surface area contributed by atoms with Crippen molar-refractivity contribution >= 4 is 33.3 Å². The Balaban J connectivity index is 1.60. The molecule has 13 heteroatoms. The number of likely N-dealkylation sites (N-methyl/N-ethyl adjacent to an activating group) is 1. The van der Waals surface area contributed by atoms with Crippen molar-refractivity contribution in [3.05, 3.63) is 78.1 Å². The normalized spacial score (nSPS) is 17.7. The molecule has 0 aliphatic carbocycles. The number of nitrogens with one attached hydrogen (secondary N) is 2. The lowest BCUT2D eigenvalue weighted by Gasteiger charge is -2.34. The molecule has 44 heavy (non-hydrogen) atoms. The molecule has 4 rings (SSSR count). The molecule has 0 aromatic heterocycles. The van der Waals surface area contributed by atoms with Gasteiger partial charge in [0.1, 0.15) is 23.4 Å². The van der Waals surface area contributed by atoms with Gasteiger partial charge in [0.05, 0.1) is 37.6 Å². The summed E-state index contributed by atoms with van der Waals surface area (Å²) in [5.74, 6) is -0.0698. The lowest BCUT2D eigenvalue weighted by molar-refractivity contribution is -0.134. The number of sulfonamides is 1. The monoisotopic (exact) mass is 628 g/mol. The molecule has 3 aromatic rings. The third-order valence-electron chi connectivity index (χ3n) is 7.43. The van der Waals surface area contributed by atoms with Crippen LogP contribution >= 0.6 is 0 Å². The number of carbonyl (C=O) groups is 2. The number of ether oxygens (including phenoxy) is 2. The molecular formula is C31H37FN4O7S. The van der Waals surface area contributed by atoms with E-state index in [9.17, 15) is 27.5 Å². The molecular weight excluding hydrogens is 591 g/mol. The van der Waals surface area contributed by atoms with Gasteiger partial charge in [-0.2, -0.15) is 0 Å². The van der Waals surface area contributed by atoms with Crippen LogP contribution in [-0.2, 0) is 21.2 Å². The topological polar surface area (TPSA) is 138 Å². The molecule has 1 aliphatic heterocycles. The van der Waals surface area contributed by atoms with E-state index >= 15 is 0 Å². The summed E-state index contributed by atoms with van der Waals surface area (Å²) < 4.78 is 53.5. The van der Waals surface area contributed by atoms with E-state index in [2.05, 4.69) is 10.0 Å². The van der Waals surface area contributed by atoms with Gasteiger partial charge in [0.15, 0.2) is 0 Å². The first-order valence-electron chi connectivity index (χ1n) is 14.0. The lowest BCUT2D eigenvalue weighted by Crippen LogP contribution is -2.48. The fourth-order valence-corrected chi connectivity index (χ4v) is 5.83. The minimum absolute atomic E-state index is 0.0351. The number of hydrogen-bond acceptors (Lipinski definition) is 7. The Kier molecular flexibility index (Phi) is 10.3. The van der Waals surface area contributed by atoms with E-state index in [0.717, 1.165) is 0 Å². The first-order chi connectivity index (χ1) is 20.9. The molecule has 3 atom stereocenters. The van der Waals surface area contributed by atoms with Crippen LogP contribution < -0.4 is 19.5 Å². The molecule has 3 N–H and O–H groups in total. The standard InChI is InChI=1S/C31H37FN4O7S/c1-20-17-36(21(2)19-37)30(38)16-22-15-25(34-44(40,41)27-12-10-26(42-4)11-13-27)9-14-28(22)43-29(20)18-35(3)31(39)33-24-7-5-23(32)6-8-24/h5-15,20-21,29,34,37H,16-19H2,1-4H3,(H,33,39)/t20-,21+,29+/m0/s1. The summed E-state index contributed by atoms with van der Waals surface area (Å²) in [7, 11) is -0.868. The van der Waals surface area contributed by atoms with Crippen molar-refractivity contribution in [2.45, 2.75) is 37.3 Å². The van der Waals surface area contributed by atoms with E-state index in [1.807, 2.05) is 6.92 Å². The molecule has 3 aromatic carbocycles. The first kappa shape index (κ1) is 32.6. The summed E-state index contributed by atoms with van der Waals surface area (Å²) in [4.78, 5) is 29.5. The van der Waals surface area contributed by atoms with Gasteiger partial charge in [0.2, 0.25) is 5.91 Å². The fourth-order valence-electron chi connectivity index (χ4n) is 4.78. The van der Waals surface area contributed by atoms with E-state index in [4.69, 9.17) is 9.47 Å². The highest BCUT2D eigenvalue weighted by molar-refractivity contribution is 7.92. The summed E-state index contributed by atoms with van der Waals surface area (Å²) >= 11 is 0. The van der Waals surface area contributed by atoms with Gasteiger partial charge >= 0.3 is 6.03 Å². The van der Waals surface area contributed by atoms with Gasteiger partial charge in [-0.3, -0.25) is 9.52 Å². The summed E-state index contributed by atoms with van der Waals surface area (Å²) in [6, 6.07) is 15.1. The van der Waals surface area contributed by atoms with E-state index in [-0.39, 0.29) is 48.5 Å². The van der Waals surface area contributed by atoms with Gasteiger partial charge in [-0.05, 0) is 73.7 Å². The van der Waals surface area contributed by atoms with Crippen LogP contribution in [0.3, 0.4) is 0 Å². The fraction of sp³-hybridized carbons (Fsp3) is 0.355. The van der Waals surface area contributed by atoms with Crippen LogP contribution in [0.1, 0.15) is 19.4 Å². The number of nitrogens with zero attached hydrogens (tertiary/aromatic N) is 2. The van der Waals surface area contributed by atoms with Gasteiger partial charge in [0, 0.05) is 36.4 Å². The zero-order valence-corrected chi connectivity index (χ0v) is 25.8. The Hall–Kier alpha value is -4.36. The molecule has 0 saturated carbocycles. The zero-order valence-electron chi connectivity index (χ0n) is 25.0. The number of urea groups is 1. The number of anilines is 2. The molecule has 0 bridgehead atoms. The van der Waals surface area contributed by atoms with Gasteiger partial charge < -0.3 is 29.7 Å². The Bertz CT molecular complexity index is 1570. The average Bonchev–Trinajstić information content (AvgIpc) is 3.05. The van der Waals surface area contributed by atoms with Crippen LogP contribution in [0.2, 0.25) is 0 Å². The second kappa shape index (κ2) is 14.0. The molecule has 0 saturated heterocycles.